The van der Waals surface area contributed by atoms with Crippen LogP contribution in [0.25, 0.3) is 11.3 Å². The highest BCUT2D eigenvalue weighted by Crippen LogP contribution is 2.23. The van der Waals surface area contributed by atoms with Gasteiger partial charge >= 0.3 is 0 Å². The van der Waals surface area contributed by atoms with E-state index in [2.05, 4.69) is 27.6 Å². The Morgan fingerprint density at radius 1 is 1.07 bits per heavy atom. The van der Waals surface area contributed by atoms with E-state index >= 15 is 0 Å². The molecule has 2 aromatic rings. The average molecular weight is 296 g/mol. The first-order valence-corrected chi connectivity index (χ1v) is 5.31. The van der Waals surface area contributed by atoms with Crippen molar-refractivity contribution in [1.29, 1.82) is 0 Å². The molecule has 3 heteroatoms. The summed E-state index contributed by atoms with van der Waals surface area (Å²) >= 11 is 2.23. The molecule has 2 nitrogen and oxygen atoms in total. The first-order valence-electron chi connectivity index (χ1n) is 4.24. The van der Waals surface area contributed by atoms with E-state index in [0.717, 1.165) is 20.5 Å². The van der Waals surface area contributed by atoms with Crippen LogP contribution >= 0.6 is 22.6 Å². The van der Waals surface area contributed by atoms with Crippen molar-refractivity contribution in [2.75, 3.05) is 5.73 Å². The Bertz CT molecular complexity index is 437. The van der Waals surface area contributed by atoms with Gasteiger partial charge in [-0.2, -0.15) is 0 Å². The van der Waals surface area contributed by atoms with Crippen LogP contribution in [0.2, 0.25) is 0 Å². The normalized spacial score (nSPS) is 10.1. The van der Waals surface area contributed by atoms with Crippen molar-refractivity contribution in [2.45, 2.75) is 0 Å². The van der Waals surface area contributed by atoms with Gasteiger partial charge in [0, 0.05) is 21.0 Å². The van der Waals surface area contributed by atoms with Crippen molar-refractivity contribution in [2.24, 2.45) is 0 Å². The second-order valence-electron chi connectivity index (χ2n) is 2.95. The van der Waals surface area contributed by atoms with E-state index in [1.807, 2.05) is 42.6 Å². The van der Waals surface area contributed by atoms with E-state index in [-0.39, 0.29) is 0 Å². The van der Waals surface area contributed by atoms with Gasteiger partial charge in [0.15, 0.2) is 0 Å². The maximum Gasteiger partial charge on any atom is 0.0723 e. The molecule has 14 heavy (non-hydrogen) atoms. The van der Waals surface area contributed by atoms with E-state index in [9.17, 15) is 0 Å². The number of pyridine rings is 1. The summed E-state index contributed by atoms with van der Waals surface area (Å²) in [5.74, 6) is 0. The number of rotatable bonds is 1. The molecule has 1 aromatic carbocycles. The van der Waals surface area contributed by atoms with Gasteiger partial charge in [-0.15, -0.1) is 0 Å². The van der Waals surface area contributed by atoms with E-state index in [1.165, 1.54) is 0 Å². The molecular formula is C11H9IN2. The number of benzene rings is 1. The number of nitrogen functional groups attached to an aromatic ring is 1. The van der Waals surface area contributed by atoms with E-state index in [4.69, 9.17) is 5.73 Å². The average Bonchev–Trinajstić information content (AvgIpc) is 2.20. The van der Waals surface area contributed by atoms with E-state index in [1.54, 1.807) is 0 Å². The molecule has 0 atom stereocenters. The lowest BCUT2D eigenvalue weighted by molar-refractivity contribution is 1.31. The zero-order chi connectivity index (χ0) is 9.97. The number of aromatic nitrogens is 1. The van der Waals surface area contributed by atoms with Gasteiger partial charge < -0.3 is 5.73 Å². The molecule has 0 saturated heterocycles. The van der Waals surface area contributed by atoms with Crippen molar-refractivity contribution in [3.63, 3.8) is 0 Å². The van der Waals surface area contributed by atoms with Crippen LogP contribution in [0.4, 0.5) is 5.69 Å². The molecule has 0 saturated carbocycles. The quantitative estimate of drug-likeness (QED) is 0.649. The molecule has 0 aliphatic carbocycles. The van der Waals surface area contributed by atoms with Gasteiger partial charge in [0.05, 0.1) is 5.69 Å². The van der Waals surface area contributed by atoms with Crippen molar-refractivity contribution in [3.8, 4) is 11.3 Å². The minimum absolute atomic E-state index is 0.765. The fourth-order valence-corrected chi connectivity index (χ4v) is 1.58. The summed E-state index contributed by atoms with van der Waals surface area (Å²) in [4.78, 5) is 4.32. The fourth-order valence-electron chi connectivity index (χ4n) is 1.27. The van der Waals surface area contributed by atoms with Gasteiger partial charge in [-0.05, 0) is 40.8 Å². The molecule has 1 heterocycles. The van der Waals surface area contributed by atoms with Gasteiger partial charge in [0.25, 0.3) is 0 Å². The molecule has 2 rings (SSSR count). The number of anilines is 1. The maximum absolute atomic E-state index is 5.85. The van der Waals surface area contributed by atoms with Gasteiger partial charge in [-0.3, -0.25) is 4.98 Å². The minimum Gasteiger partial charge on any atom is -0.398 e. The molecule has 0 radical (unpaired) electrons. The third-order valence-corrected chi connectivity index (χ3v) is 2.60. The van der Waals surface area contributed by atoms with Gasteiger partial charge in [0.1, 0.15) is 0 Å². The molecule has 0 amide bonds. The summed E-state index contributed by atoms with van der Waals surface area (Å²) in [6.07, 6.45) is 1.84. The molecule has 70 valence electrons. The van der Waals surface area contributed by atoms with Gasteiger partial charge in [-0.1, -0.05) is 18.2 Å². The molecule has 0 aliphatic heterocycles. The third-order valence-electron chi connectivity index (χ3n) is 1.96. The summed E-state index contributed by atoms with van der Waals surface area (Å²) in [5.41, 5.74) is 8.52. The van der Waals surface area contributed by atoms with Crippen LogP contribution in [-0.4, -0.2) is 4.98 Å². The number of nitrogens with two attached hydrogens (primary N) is 1. The zero-order valence-electron chi connectivity index (χ0n) is 7.44. The van der Waals surface area contributed by atoms with Crippen molar-refractivity contribution < 1.29 is 0 Å². The lowest BCUT2D eigenvalue weighted by atomic mass is 10.1. The largest absolute Gasteiger partial charge is 0.398 e. The van der Waals surface area contributed by atoms with Crippen molar-refractivity contribution >= 4 is 28.3 Å². The molecule has 0 spiro atoms. The van der Waals surface area contributed by atoms with Gasteiger partial charge in [0.2, 0.25) is 0 Å². The van der Waals surface area contributed by atoms with Crippen LogP contribution in [0.3, 0.4) is 0 Å². The SMILES string of the molecule is Nc1ccccc1-c1ccc(I)cn1. The summed E-state index contributed by atoms with van der Waals surface area (Å²) in [6, 6.07) is 11.7. The lowest BCUT2D eigenvalue weighted by Crippen LogP contribution is -1.91. The maximum atomic E-state index is 5.85. The van der Waals surface area contributed by atoms with Crippen molar-refractivity contribution in [3.05, 3.63) is 46.2 Å². The third kappa shape index (κ3) is 1.87. The summed E-state index contributed by atoms with van der Waals surface area (Å²) in [7, 11) is 0. The van der Waals surface area contributed by atoms with Crippen LogP contribution in [0.1, 0.15) is 0 Å². The predicted molar refractivity (Wildman–Crippen MR) is 66.8 cm³/mol. The molecule has 2 N–H and O–H groups in total. The highest BCUT2D eigenvalue weighted by Gasteiger charge is 2.01. The first kappa shape index (κ1) is 9.45. The molecule has 0 aliphatic rings. The predicted octanol–water partition coefficient (Wildman–Crippen LogP) is 2.94. The van der Waals surface area contributed by atoms with Crippen LogP contribution in [0.5, 0.6) is 0 Å². The molecule has 0 bridgehead atoms. The first-order chi connectivity index (χ1) is 6.77. The summed E-state index contributed by atoms with van der Waals surface area (Å²) < 4.78 is 1.13. The topological polar surface area (TPSA) is 38.9 Å². The van der Waals surface area contributed by atoms with Crippen LogP contribution in [0.15, 0.2) is 42.6 Å². The Labute approximate surface area is 96.3 Å². The Balaban J connectivity index is 2.50. The second kappa shape index (κ2) is 3.96. The van der Waals surface area contributed by atoms with E-state index < -0.39 is 0 Å². The lowest BCUT2D eigenvalue weighted by Gasteiger charge is -2.03. The molecule has 0 fully saturated rings. The number of para-hydroxylation sites is 1. The van der Waals surface area contributed by atoms with E-state index in [0.29, 0.717) is 0 Å². The number of halogens is 1. The number of nitrogens with zero attached hydrogens (tertiary/aromatic N) is 1. The summed E-state index contributed by atoms with van der Waals surface area (Å²) in [5, 5.41) is 0. The Hall–Kier alpha value is -1.10. The second-order valence-corrected chi connectivity index (χ2v) is 4.19. The van der Waals surface area contributed by atoms with Gasteiger partial charge in [-0.25, -0.2) is 0 Å². The van der Waals surface area contributed by atoms with Crippen LogP contribution in [-0.2, 0) is 0 Å². The minimum atomic E-state index is 0.765. The standard InChI is InChI=1S/C11H9IN2/c12-8-5-6-11(14-7-8)9-3-1-2-4-10(9)13/h1-7H,13H2. The Kier molecular flexibility index (Phi) is 2.67. The molecule has 0 unspecified atom stereocenters. The van der Waals surface area contributed by atoms with Crippen molar-refractivity contribution in [1.82, 2.24) is 4.98 Å². The number of hydrogen-bond donors (Lipinski definition) is 1. The highest BCUT2D eigenvalue weighted by atomic mass is 127. The van der Waals surface area contributed by atoms with Crippen LogP contribution < -0.4 is 5.73 Å². The summed E-state index contributed by atoms with van der Waals surface area (Å²) in [6.45, 7) is 0. The molecular weight excluding hydrogens is 287 g/mol. The fraction of sp³-hybridized carbons (Fsp3) is 0. The Morgan fingerprint density at radius 3 is 2.50 bits per heavy atom. The van der Waals surface area contributed by atoms with Crippen LogP contribution in [0, 0.1) is 3.57 Å². The zero-order valence-corrected chi connectivity index (χ0v) is 9.60. The highest BCUT2D eigenvalue weighted by molar-refractivity contribution is 14.1. The molecule has 1 aromatic heterocycles. The Morgan fingerprint density at radius 2 is 1.86 bits per heavy atom. The number of hydrogen-bond acceptors (Lipinski definition) is 2. The smallest absolute Gasteiger partial charge is 0.0723 e. The monoisotopic (exact) mass is 296 g/mol.